The Morgan fingerprint density at radius 2 is 1.86 bits per heavy atom. The number of hydrogen-bond acceptors (Lipinski definition) is 4. The van der Waals surface area contributed by atoms with Crippen LogP contribution in [0.25, 0.3) is 11.0 Å². The fourth-order valence-corrected chi connectivity index (χ4v) is 5.30. The molecular formula is C21H25N3O3S. The van der Waals surface area contributed by atoms with E-state index in [4.69, 9.17) is 4.74 Å². The van der Waals surface area contributed by atoms with Crippen molar-refractivity contribution < 1.29 is 13.2 Å². The molecule has 4 rings (SSSR count). The lowest BCUT2D eigenvalue weighted by Crippen LogP contribution is -2.37. The molecule has 1 aliphatic heterocycles. The predicted octanol–water partition coefficient (Wildman–Crippen LogP) is 3.92. The lowest BCUT2D eigenvalue weighted by Gasteiger charge is -2.31. The molecular weight excluding hydrogens is 374 g/mol. The quantitative estimate of drug-likeness (QED) is 0.706. The summed E-state index contributed by atoms with van der Waals surface area (Å²) in [6, 6.07) is 10.7. The van der Waals surface area contributed by atoms with Gasteiger partial charge in [-0.3, -0.25) is 0 Å². The minimum absolute atomic E-state index is 0.0567. The van der Waals surface area contributed by atoms with Gasteiger partial charge in [0.05, 0.1) is 11.0 Å². The first kappa shape index (κ1) is 19.0. The maximum Gasteiger partial charge on any atom is 0.243 e. The Kier molecular flexibility index (Phi) is 5.12. The number of fused-ring (bicyclic) bond motifs is 1. The number of ether oxygens (including phenoxy) is 1. The van der Waals surface area contributed by atoms with Crippen LogP contribution < -0.4 is 4.74 Å². The van der Waals surface area contributed by atoms with Crippen molar-refractivity contribution in [2.75, 3.05) is 13.1 Å². The first-order valence-electron chi connectivity index (χ1n) is 9.64. The van der Waals surface area contributed by atoms with Crippen molar-refractivity contribution in [3.63, 3.8) is 0 Å². The number of aromatic amines is 1. The standard InChI is InChI=1S/C21H25N3O3S/c1-15(2)27-17-5-7-18(8-6-17)28(25,26)24-12-9-16(10-13-24)20-14-23-21-19(20)4-3-11-22-21/h3-8,11,14-16H,9-10,12-13H2,1-2H3,(H,22,23). The maximum absolute atomic E-state index is 13.0. The SMILES string of the molecule is CC(C)Oc1ccc(S(=O)(=O)N2CCC(c3c[nH]c4ncccc34)CC2)cc1. The normalized spacial score (nSPS) is 16.7. The van der Waals surface area contributed by atoms with Crippen molar-refractivity contribution in [1.82, 2.24) is 14.3 Å². The molecule has 0 atom stereocenters. The summed E-state index contributed by atoms with van der Waals surface area (Å²) < 4.78 is 33.2. The van der Waals surface area contributed by atoms with Gasteiger partial charge >= 0.3 is 0 Å². The van der Waals surface area contributed by atoms with E-state index in [1.54, 1.807) is 34.8 Å². The monoisotopic (exact) mass is 399 g/mol. The number of rotatable bonds is 5. The molecule has 0 aliphatic carbocycles. The van der Waals surface area contributed by atoms with E-state index in [1.165, 1.54) is 5.56 Å². The van der Waals surface area contributed by atoms with Crippen molar-refractivity contribution in [3.8, 4) is 5.75 Å². The molecule has 1 aliphatic rings. The Morgan fingerprint density at radius 3 is 2.54 bits per heavy atom. The second-order valence-electron chi connectivity index (χ2n) is 7.46. The van der Waals surface area contributed by atoms with Crippen molar-refractivity contribution in [2.24, 2.45) is 0 Å². The Hall–Kier alpha value is -2.38. The molecule has 0 bridgehead atoms. The molecule has 7 heteroatoms. The van der Waals surface area contributed by atoms with Gasteiger partial charge in [-0.25, -0.2) is 13.4 Å². The highest BCUT2D eigenvalue weighted by molar-refractivity contribution is 7.89. The lowest BCUT2D eigenvalue weighted by atomic mass is 9.90. The molecule has 3 aromatic rings. The third-order valence-electron chi connectivity index (χ3n) is 5.21. The van der Waals surface area contributed by atoms with Gasteiger partial charge < -0.3 is 9.72 Å². The summed E-state index contributed by atoms with van der Waals surface area (Å²) in [6.07, 6.45) is 5.45. The average Bonchev–Trinajstić information content (AvgIpc) is 3.12. The zero-order valence-corrected chi connectivity index (χ0v) is 16.9. The number of pyridine rings is 1. The van der Waals surface area contributed by atoms with E-state index in [0.29, 0.717) is 29.7 Å². The molecule has 0 saturated carbocycles. The van der Waals surface area contributed by atoms with Gasteiger partial charge in [0, 0.05) is 30.9 Å². The van der Waals surface area contributed by atoms with E-state index in [2.05, 4.69) is 16.0 Å². The highest BCUT2D eigenvalue weighted by Crippen LogP contribution is 2.34. The molecule has 1 fully saturated rings. The number of H-pyrrole nitrogens is 1. The summed E-state index contributed by atoms with van der Waals surface area (Å²) in [5.74, 6) is 1.02. The van der Waals surface area contributed by atoms with Gasteiger partial charge in [0.15, 0.2) is 0 Å². The van der Waals surface area contributed by atoms with Gasteiger partial charge in [-0.15, -0.1) is 0 Å². The number of piperidine rings is 1. The molecule has 0 unspecified atom stereocenters. The molecule has 3 heterocycles. The van der Waals surface area contributed by atoms with Crippen LogP contribution in [-0.2, 0) is 10.0 Å². The summed E-state index contributed by atoms with van der Waals surface area (Å²) >= 11 is 0. The van der Waals surface area contributed by atoms with Crippen LogP contribution in [0.15, 0.2) is 53.7 Å². The zero-order chi connectivity index (χ0) is 19.7. The minimum Gasteiger partial charge on any atom is -0.491 e. The Bertz CT molecular complexity index is 1050. The number of nitrogens with zero attached hydrogens (tertiary/aromatic N) is 2. The molecule has 0 amide bonds. The van der Waals surface area contributed by atoms with E-state index >= 15 is 0 Å². The minimum atomic E-state index is -3.48. The average molecular weight is 400 g/mol. The summed E-state index contributed by atoms with van der Waals surface area (Å²) in [4.78, 5) is 7.88. The van der Waals surface area contributed by atoms with Gasteiger partial charge in [0.1, 0.15) is 11.4 Å². The maximum atomic E-state index is 13.0. The van der Waals surface area contributed by atoms with Crippen LogP contribution in [0.2, 0.25) is 0 Å². The van der Waals surface area contributed by atoms with E-state index < -0.39 is 10.0 Å². The first-order valence-corrected chi connectivity index (χ1v) is 11.1. The van der Waals surface area contributed by atoms with Gasteiger partial charge in [-0.1, -0.05) is 0 Å². The Labute approximate surface area is 165 Å². The van der Waals surface area contributed by atoms with E-state index in [1.807, 2.05) is 26.1 Å². The summed E-state index contributed by atoms with van der Waals surface area (Å²) in [5, 5.41) is 1.13. The molecule has 0 spiro atoms. The van der Waals surface area contributed by atoms with Gasteiger partial charge in [0.2, 0.25) is 10.0 Å². The van der Waals surface area contributed by atoms with Crippen LogP contribution in [0.3, 0.4) is 0 Å². The molecule has 2 aromatic heterocycles. The molecule has 28 heavy (non-hydrogen) atoms. The van der Waals surface area contributed by atoms with Crippen LogP contribution in [0.1, 0.15) is 38.2 Å². The first-order chi connectivity index (χ1) is 13.4. The summed E-state index contributed by atoms with van der Waals surface area (Å²) in [7, 11) is -3.48. The van der Waals surface area contributed by atoms with Crippen molar-refractivity contribution >= 4 is 21.1 Å². The molecule has 0 radical (unpaired) electrons. The molecule has 1 saturated heterocycles. The molecule has 148 valence electrons. The van der Waals surface area contributed by atoms with Gasteiger partial charge in [-0.2, -0.15) is 4.31 Å². The number of hydrogen-bond donors (Lipinski definition) is 1. The predicted molar refractivity (Wildman–Crippen MR) is 109 cm³/mol. The highest BCUT2D eigenvalue weighted by atomic mass is 32.2. The fraction of sp³-hybridized carbons (Fsp3) is 0.381. The van der Waals surface area contributed by atoms with E-state index in [9.17, 15) is 8.42 Å². The van der Waals surface area contributed by atoms with E-state index in [-0.39, 0.29) is 6.10 Å². The van der Waals surface area contributed by atoms with E-state index in [0.717, 1.165) is 23.9 Å². The van der Waals surface area contributed by atoms with Crippen molar-refractivity contribution in [1.29, 1.82) is 0 Å². The summed E-state index contributed by atoms with van der Waals surface area (Å²) in [6.45, 7) is 4.92. The number of benzene rings is 1. The van der Waals surface area contributed by atoms with Gasteiger partial charge in [-0.05, 0) is 74.6 Å². The third-order valence-corrected chi connectivity index (χ3v) is 7.12. The van der Waals surface area contributed by atoms with Crippen molar-refractivity contribution in [2.45, 2.75) is 43.6 Å². The zero-order valence-electron chi connectivity index (χ0n) is 16.1. The highest BCUT2D eigenvalue weighted by Gasteiger charge is 2.30. The van der Waals surface area contributed by atoms with Crippen LogP contribution in [0.5, 0.6) is 5.75 Å². The van der Waals surface area contributed by atoms with Crippen LogP contribution in [0.4, 0.5) is 0 Å². The second-order valence-corrected chi connectivity index (χ2v) is 9.40. The number of sulfonamides is 1. The summed E-state index contributed by atoms with van der Waals surface area (Å²) in [5.41, 5.74) is 2.12. The second kappa shape index (κ2) is 7.56. The number of nitrogens with one attached hydrogen (secondary N) is 1. The van der Waals surface area contributed by atoms with Crippen molar-refractivity contribution in [3.05, 3.63) is 54.4 Å². The Balaban J connectivity index is 1.46. The molecule has 1 N–H and O–H groups in total. The smallest absolute Gasteiger partial charge is 0.243 e. The van der Waals surface area contributed by atoms with Crippen LogP contribution in [0, 0.1) is 0 Å². The molecule has 1 aromatic carbocycles. The Morgan fingerprint density at radius 1 is 1.14 bits per heavy atom. The topological polar surface area (TPSA) is 75.3 Å². The number of aromatic nitrogens is 2. The van der Waals surface area contributed by atoms with Gasteiger partial charge in [0.25, 0.3) is 0 Å². The largest absolute Gasteiger partial charge is 0.491 e. The molecule has 6 nitrogen and oxygen atoms in total. The third kappa shape index (κ3) is 3.64. The lowest BCUT2D eigenvalue weighted by molar-refractivity contribution is 0.242. The van der Waals surface area contributed by atoms with Crippen LogP contribution >= 0.6 is 0 Å². The van der Waals surface area contributed by atoms with Crippen LogP contribution in [-0.4, -0.2) is 41.9 Å². The fourth-order valence-electron chi connectivity index (χ4n) is 3.83.